The van der Waals surface area contributed by atoms with E-state index in [2.05, 4.69) is 4.98 Å². The number of anilines is 1. The molecule has 3 aromatic rings. The second-order valence-electron chi connectivity index (χ2n) is 7.69. The van der Waals surface area contributed by atoms with Crippen LogP contribution in [0.15, 0.2) is 28.6 Å². The van der Waals surface area contributed by atoms with E-state index in [0.29, 0.717) is 30.0 Å². The lowest BCUT2D eigenvalue weighted by Gasteiger charge is -2.33. The SMILES string of the molecule is CN1COc2c(N3CCC(C(O)c4nccs4)C3)c(F)cc3c(=O)c(C(=O)O)cn1c23. The minimum absolute atomic E-state index is 0.0544. The molecule has 0 saturated carbocycles. The summed E-state index contributed by atoms with van der Waals surface area (Å²) < 4.78 is 22.6. The summed E-state index contributed by atoms with van der Waals surface area (Å²) in [6.07, 6.45) is 2.77. The number of ether oxygens (including phenoxy) is 1. The van der Waals surface area contributed by atoms with Crippen molar-refractivity contribution in [3.63, 3.8) is 0 Å². The van der Waals surface area contributed by atoms with Crippen molar-refractivity contribution in [2.24, 2.45) is 5.92 Å². The van der Waals surface area contributed by atoms with Crippen LogP contribution >= 0.6 is 11.3 Å². The van der Waals surface area contributed by atoms with Crippen LogP contribution in [0.3, 0.4) is 0 Å². The van der Waals surface area contributed by atoms with Crippen LogP contribution < -0.4 is 20.1 Å². The van der Waals surface area contributed by atoms with E-state index < -0.39 is 28.9 Å². The van der Waals surface area contributed by atoms with Crippen LogP contribution in [0.4, 0.5) is 10.1 Å². The molecule has 4 heterocycles. The van der Waals surface area contributed by atoms with Gasteiger partial charge in [-0.15, -0.1) is 11.3 Å². The molecule has 1 aromatic carbocycles. The van der Waals surface area contributed by atoms with Crippen LogP contribution in [-0.4, -0.2) is 52.7 Å². The van der Waals surface area contributed by atoms with Crippen molar-refractivity contribution in [2.45, 2.75) is 12.5 Å². The first-order valence-corrected chi connectivity index (χ1v) is 10.6. The summed E-state index contributed by atoms with van der Waals surface area (Å²) in [7, 11) is 1.68. The number of thiazole rings is 1. The Bertz CT molecular complexity index is 1240. The lowest BCUT2D eigenvalue weighted by molar-refractivity contribution is 0.0694. The number of nitrogens with zero attached hydrogens (tertiary/aromatic N) is 4. The molecule has 0 bridgehead atoms. The fourth-order valence-corrected chi connectivity index (χ4v) is 5.02. The van der Waals surface area contributed by atoms with Gasteiger partial charge in [-0.25, -0.2) is 14.2 Å². The lowest BCUT2D eigenvalue weighted by Crippen LogP contribution is -2.40. The van der Waals surface area contributed by atoms with Crippen LogP contribution in [0.5, 0.6) is 5.75 Å². The molecule has 1 fully saturated rings. The van der Waals surface area contributed by atoms with Crippen molar-refractivity contribution in [2.75, 3.05) is 36.8 Å². The predicted molar refractivity (Wildman–Crippen MR) is 112 cm³/mol. The van der Waals surface area contributed by atoms with Crippen molar-refractivity contribution in [3.8, 4) is 5.75 Å². The zero-order valence-corrected chi connectivity index (χ0v) is 17.3. The second-order valence-corrected chi connectivity index (χ2v) is 8.62. The molecule has 9 nitrogen and oxygen atoms in total. The van der Waals surface area contributed by atoms with Crippen LogP contribution in [0.25, 0.3) is 10.9 Å². The second kappa shape index (κ2) is 7.20. The van der Waals surface area contributed by atoms with Crippen molar-refractivity contribution < 1.29 is 24.1 Å². The normalized spacial score (nSPS) is 19.0. The molecule has 0 spiro atoms. The highest BCUT2D eigenvalue weighted by atomic mass is 32.1. The zero-order chi connectivity index (χ0) is 21.9. The van der Waals surface area contributed by atoms with Gasteiger partial charge in [0, 0.05) is 43.8 Å². The first kappa shape index (κ1) is 19.8. The van der Waals surface area contributed by atoms with Gasteiger partial charge in [0.25, 0.3) is 0 Å². The number of rotatable bonds is 4. The van der Waals surface area contributed by atoms with E-state index in [-0.39, 0.29) is 29.5 Å². The van der Waals surface area contributed by atoms with Crippen LogP contribution in [-0.2, 0) is 0 Å². The fourth-order valence-electron chi connectivity index (χ4n) is 4.30. The lowest BCUT2D eigenvalue weighted by atomic mass is 10.0. The predicted octanol–water partition coefficient (Wildman–Crippen LogP) is 1.77. The third-order valence-electron chi connectivity index (χ3n) is 5.84. The number of benzene rings is 1. The Hall–Kier alpha value is -3.18. The smallest absolute Gasteiger partial charge is 0.341 e. The summed E-state index contributed by atoms with van der Waals surface area (Å²) in [5.74, 6) is -1.97. The molecule has 5 rings (SSSR count). The number of aliphatic hydroxyl groups excluding tert-OH is 1. The zero-order valence-electron chi connectivity index (χ0n) is 16.5. The maximum Gasteiger partial charge on any atom is 0.341 e. The summed E-state index contributed by atoms with van der Waals surface area (Å²) in [6.45, 7) is 0.950. The molecule has 0 amide bonds. The Morgan fingerprint density at radius 1 is 1.45 bits per heavy atom. The molecular weight excluding hydrogens is 427 g/mol. The molecule has 162 valence electrons. The van der Waals surface area contributed by atoms with E-state index in [1.807, 2.05) is 0 Å². The molecule has 11 heteroatoms. The van der Waals surface area contributed by atoms with E-state index in [4.69, 9.17) is 4.74 Å². The van der Waals surface area contributed by atoms with Crippen LogP contribution in [0.1, 0.15) is 27.9 Å². The van der Waals surface area contributed by atoms with Gasteiger partial charge < -0.3 is 19.8 Å². The van der Waals surface area contributed by atoms with Crippen molar-refractivity contribution in [3.05, 3.63) is 50.5 Å². The quantitative estimate of drug-likeness (QED) is 0.624. The molecule has 2 aromatic heterocycles. The van der Waals surface area contributed by atoms with Crippen LogP contribution in [0, 0.1) is 11.7 Å². The first-order chi connectivity index (χ1) is 14.9. The number of aromatic carboxylic acids is 1. The van der Waals surface area contributed by atoms with Crippen molar-refractivity contribution in [1.29, 1.82) is 0 Å². The van der Waals surface area contributed by atoms with Gasteiger partial charge in [0.1, 0.15) is 27.9 Å². The molecule has 0 radical (unpaired) electrons. The molecule has 2 aliphatic rings. The van der Waals surface area contributed by atoms with E-state index >= 15 is 4.39 Å². The average Bonchev–Trinajstić information content (AvgIpc) is 3.43. The summed E-state index contributed by atoms with van der Waals surface area (Å²) in [5.41, 5.74) is -0.662. The molecule has 2 atom stereocenters. The van der Waals surface area contributed by atoms with E-state index in [9.17, 15) is 19.8 Å². The maximum atomic E-state index is 15.3. The molecule has 2 N–H and O–H groups in total. The molecule has 2 aliphatic heterocycles. The highest BCUT2D eigenvalue weighted by molar-refractivity contribution is 7.09. The molecule has 2 unspecified atom stereocenters. The Balaban J connectivity index is 1.61. The van der Waals surface area contributed by atoms with Gasteiger partial charge in [-0.2, -0.15) is 0 Å². The van der Waals surface area contributed by atoms with E-state index in [0.717, 1.165) is 6.07 Å². The average molecular weight is 446 g/mol. The maximum absolute atomic E-state index is 15.3. The highest BCUT2D eigenvalue weighted by Gasteiger charge is 2.35. The third-order valence-corrected chi connectivity index (χ3v) is 6.68. The number of halogens is 1. The number of hydrogen-bond acceptors (Lipinski definition) is 8. The summed E-state index contributed by atoms with van der Waals surface area (Å²) in [6, 6.07) is 1.08. The summed E-state index contributed by atoms with van der Waals surface area (Å²) in [4.78, 5) is 30.2. The Morgan fingerprint density at radius 3 is 2.97 bits per heavy atom. The highest BCUT2D eigenvalue weighted by Crippen LogP contribution is 2.43. The molecule has 31 heavy (non-hydrogen) atoms. The van der Waals surface area contributed by atoms with Gasteiger partial charge in [0.15, 0.2) is 18.3 Å². The Morgan fingerprint density at radius 2 is 2.26 bits per heavy atom. The van der Waals surface area contributed by atoms with Gasteiger partial charge in [-0.05, 0) is 12.5 Å². The summed E-state index contributed by atoms with van der Waals surface area (Å²) >= 11 is 1.37. The third kappa shape index (κ3) is 3.03. The number of hydrogen-bond donors (Lipinski definition) is 2. The fraction of sp³-hybridized carbons (Fsp3) is 0.350. The minimum atomic E-state index is -1.37. The summed E-state index contributed by atoms with van der Waals surface area (Å²) in [5, 5.41) is 24.0. The van der Waals surface area contributed by atoms with Gasteiger partial charge in [0.05, 0.1) is 5.39 Å². The number of carboxylic acids is 1. The van der Waals surface area contributed by atoms with Gasteiger partial charge >= 0.3 is 5.97 Å². The number of aromatic nitrogens is 2. The molecule has 1 saturated heterocycles. The monoisotopic (exact) mass is 446 g/mol. The number of aliphatic hydroxyl groups is 1. The standard InChI is InChI=1S/C20H19FN4O5S/c1-23-9-30-18-14-11(17(27)12(20(28)29)8-25(14)23)6-13(21)15(18)24-4-2-10(7-24)16(26)19-22-3-5-31-19/h3,5-6,8,10,16,26H,2,4,7,9H2,1H3,(H,28,29). The Labute approximate surface area is 179 Å². The van der Waals surface area contributed by atoms with Crippen LogP contribution in [0.2, 0.25) is 0 Å². The van der Waals surface area contributed by atoms with E-state index in [1.54, 1.807) is 28.5 Å². The number of carbonyl (C=O) groups is 1. The molecule has 0 aliphatic carbocycles. The van der Waals surface area contributed by atoms with Gasteiger partial charge in [0.2, 0.25) is 5.43 Å². The van der Waals surface area contributed by atoms with Crippen molar-refractivity contribution in [1.82, 2.24) is 9.66 Å². The number of pyridine rings is 1. The largest absolute Gasteiger partial charge is 0.477 e. The van der Waals surface area contributed by atoms with Crippen molar-refractivity contribution >= 4 is 33.9 Å². The topological polar surface area (TPSA) is 108 Å². The minimum Gasteiger partial charge on any atom is -0.477 e. The molecular formula is C20H19FN4O5S. The van der Waals surface area contributed by atoms with Gasteiger partial charge in [-0.3, -0.25) is 14.5 Å². The van der Waals surface area contributed by atoms with E-state index in [1.165, 1.54) is 22.2 Å². The van der Waals surface area contributed by atoms with Gasteiger partial charge in [-0.1, -0.05) is 0 Å². The Kier molecular flexibility index (Phi) is 4.59. The first-order valence-electron chi connectivity index (χ1n) is 9.68. The number of carboxylic acid groups (broad SMARTS) is 1.